The van der Waals surface area contributed by atoms with Crippen molar-refractivity contribution in [2.24, 2.45) is 0 Å². The molecule has 1 aliphatic carbocycles. The predicted molar refractivity (Wildman–Crippen MR) is 79.5 cm³/mol. The van der Waals surface area contributed by atoms with Gasteiger partial charge in [0.05, 0.1) is 11.6 Å². The van der Waals surface area contributed by atoms with Crippen LogP contribution in [-0.4, -0.2) is 9.52 Å². The van der Waals surface area contributed by atoms with Crippen LogP contribution < -0.4 is 0 Å². The lowest BCUT2D eigenvalue weighted by Crippen LogP contribution is -2.13. The van der Waals surface area contributed by atoms with Gasteiger partial charge in [-0.15, -0.1) is 5.70 Å². The first-order valence-electron chi connectivity index (χ1n) is 6.94. The van der Waals surface area contributed by atoms with Gasteiger partial charge >= 0.3 is 0 Å². The first-order chi connectivity index (χ1) is 8.83. The number of benzene rings is 1. The van der Waals surface area contributed by atoms with Crippen LogP contribution in [0.4, 0.5) is 0 Å². The third-order valence-electron chi connectivity index (χ3n) is 4.06. The summed E-state index contributed by atoms with van der Waals surface area (Å²) in [6.45, 7) is 2.13. The SMILES string of the molecule is CC=C[SiH2]C1CCC(c2ccc(C#N)cc2)CC1. The molecule has 0 N–H and O–H groups in total. The molecule has 1 aromatic rings. The molecule has 1 saturated carbocycles. The second-order valence-electron chi connectivity index (χ2n) is 5.26. The van der Waals surface area contributed by atoms with E-state index in [1.807, 2.05) is 12.1 Å². The summed E-state index contributed by atoms with van der Waals surface area (Å²) >= 11 is 0. The lowest BCUT2D eigenvalue weighted by Gasteiger charge is -2.28. The molecule has 0 heterocycles. The normalized spacial score (nSPS) is 24.7. The molecule has 18 heavy (non-hydrogen) atoms. The second kappa shape index (κ2) is 6.56. The molecule has 0 bridgehead atoms. The fourth-order valence-corrected chi connectivity index (χ4v) is 4.49. The monoisotopic (exact) mass is 255 g/mol. The highest BCUT2D eigenvalue weighted by Crippen LogP contribution is 2.38. The third-order valence-corrected chi connectivity index (χ3v) is 6.29. The Kier molecular flexibility index (Phi) is 4.78. The summed E-state index contributed by atoms with van der Waals surface area (Å²) in [5, 5.41) is 8.80. The average molecular weight is 255 g/mol. The van der Waals surface area contributed by atoms with Crippen LogP contribution in [0.2, 0.25) is 5.54 Å². The third kappa shape index (κ3) is 3.33. The predicted octanol–water partition coefficient (Wildman–Crippen LogP) is 3.71. The van der Waals surface area contributed by atoms with Gasteiger partial charge in [0.15, 0.2) is 0 Å². The maximum absolute atomic E-state index is 8.80. The largest absolute Gasteiger partial charge is 0.192 e. The van der Waals surface area contributed by atoms with Gasteiger partial charge in [0.2, 0.25) is 0 Å². The Morgan fingerprint density at radius 2 is 1.83 bits per heavy atom. The van der Waals surface area contributed by atoms with Crippen LogP contribution in [0.3, 0.4) is 0 Å². The fourth-order valence-electron chi connectivity index (χ4n) is 2.89. The Labute approximate surface area is 112 Å². The number of rotatable bonds is 3. The molecule has 1 fully saturated rings. The van der Waals surface area contributed by atoms with Gasteiger partial charge in [-0.2, -0.15) is 5.26 Å². The van der Waals surface area contributed by atoms with Gasteiger partial charge in [0.25, 0.3) is 0 Å². The van der Waals surface area contributed by atoms with Crippen molar-refractivity contribution in [3.05, 3.63) is 47.2 Å². The van der Waals surface area contributed by atoms with Crippen molar-refractivity contribution in [1.29, 1.82) is 5.26 Å². The molecule has 0 unspecified atom stereocenters. The van der Waals surface area contributed by atoms with E-state index in [1.165, 1.54) is 31.2 Å². The molecule has 1 aromatic carbocycles. The van der Waals surface area contributed by atoms with Crippen LogP contribution in [0, 0.1) is 11.3 Å². The van der Waals surface area contributed by atoms with Crippen LogP contribution >= 0.6 is 0 Å². The van der Waals surface area contributed by atoms with Gasteiger partial charge < -0.3 is 0 Å². The number of hydrogen-bond acceptors (Lipinski definition) is 1. The fraction of sp³-hybridized carbons (Fsp3) is 0.438. The Balaban J connectivity index is 1.90. The van der Waals surface area contributed by atoms with Crippen molar-refractivity contribution < 1.29 is 0 Å². The number of nitrogens with zero attached hydrogens (tertiary/aromatic N) is 1. The molecule has 2 rings (SSSR count). The summed E-state index contributed by atoms with van der Waals surface area (Å²) in [5.74, 6) is 0.730. The Bertz CT molecular complexity index is 433. The van der Waals surface area contributed by atoms with E-state index < -0.39 is 0 Å². The zero-order valence-electron chi connectivity index (χ0n) is 11.1. The molecule has 0 atom stereocenters. The van der Waals surface area contributed by atoms with Crippen LogP contribution in [0.1, 0.15) is 49.7 Å². The van der Waals surface area contributed by atoms with Gasteiger partial charge in [-0.1, -0.05) is 31.1 Å². The summed E-state index contributed by atoms with van der Waals surface area (Å²) in [6.07, 6.45) is 7.70. The van der Waals surface area contributed by atoms with Crippen molar-refractivity contribution in [3.8, 4) is 6.07 Å². The number of nitriles is 1. The highest BCUT2D eigenvalue weighted by molar-refractivity contribution is 6.43. The molecule has 0 spiro atoms. The van der Waals surface area contributed by atoms with Crippen molar-refractivity contribution in [3.63, 3.8) is 0 Å². The molecule has 0 saturated heterocycles. The topological polar surface area (TPSA) is 23.8 Å². The first kappa shape index (κ1) is 13.1. The van der Waals surface area contributed by atoms with Gasteiger partial charge in [-0.05, 0) is 48.9 Å². The van der Waals surface area contributed by atoms with Crippen LogP contribution in [0.5, 0.6) is 0 Å². The molecule has 94 valence electrons. The number of allylic oxidation sites excluding steroid dienone is 1. The van der Waals surface area contributed by atoms with Gasteiger partial charge in [0.1, 0.15) is 0 Å². The minimum Gasteiger partial charge on any atom is -0.192 e. The van der Waals surface area contributed by atoms with Crippen LogP contribution in [0.15, 0.2) is 36.0 Å². The van der Waals surface area contributed by atoms with Crippen LogP contribution in [0.25, 0.3) is 0 Å². The lowest BCUT2D eigenvalue weighted by atomic mass is 9.83. The first-order valence-corrected chi connectivity index (χ1v) is 8.58. The van der Waals surface area contributed by atoms with Crippen molar-refractivity contribution in [1.82, 2.24) is 0 Å². The molecular formula is C16H21NSi. The van der Waals surface area contributed by atoms with E-state index in [-0.39, 0.29) is 9.52 Å². The zero-order valence-corrected chi connectivity index (χ0v) is 12.5. The maximum atomic E-state index is 8.80. The molecule has 1 aliphatic rings. The molecular weight excluding hydrogens is 234 g/mol. The summed E-state index contributed by atoms with van der Waals surface area (Å²) in [5.41, 5.74) is 5.66. The molecule has 1 nitrogen and oxygen atoms in total. The Morgan fingerprint density at radius 3 is 2.39 bits per heavy atom. The quantitative estimate of drug-likeness (QED) is 0.755. The summed E-state index contributed by atoms with van der Waals surface area (Å²) < 4.78 is 0. The lowest BCUT2D eigenvalue weighted by molar-refractivity contribution is 0.442. The van der Waals surface area contributed by atoms with E-state index in [0.29, 0.717) is 0 Å². The highest BCUT2D eigenvalue weighted by Gasteiger charge is 2.21. The number of hydrogen-bond donors (Lipinski definition) is 0. The van der Waals surface area contributed by atoms with Gasteiger partial charge in [-0.3, -0.25) is 0 Å². The van der Waals surface area contributed by atoms with Crippen molar-refractivity contribution >= 4 is 9.52 Å². The maximum Gasteiger partial charge on any atom is 0.0991 e. The molecule has 0 aliphatic heterocycles. The Hall–Kier alpha value is -1.33. The summed E-state index contributed by atoms with van der Waals surface area (Å²) in [6, 6.07) is 10.4. The van der Waals surface area contributed by atoms with E-state index >= 15 is 0 Å². The van der Waals surface area contributed by atoms with Gasteiger partial charge in [-0.25, -0.2) is 0 Å². The molecule has 0 radical (unpaired) electrons. The molecule has 0 aromatic heterocycles. The van der Waals surface area contributed by atoms with Crippen LogP contribution in [-0.2, 0) is 0 Å². The van der Waals surface area contributed by atoms with Crippen molar-refractivity contribution in [2.75, 3.05) is 0 Å². The minimum absolute atomic E-state index is 0.0292. The molecule has 2 heteroatoms. The van der Waals surface area contributed by atoms with Crippen molar-refractivity contribution in [2.45, 2.75) is 44.1 Å². The zero-order chi connectivity index (χ0) is 12.8. The van der Waals surface area contributed by atoms with E-state index in [1.54, 1.807) is 0 Å². The average Bonchev–Trinajstić information content (AvgIpc) is 2.46. The van der Waals surface area contributed by atoms with E-state index in [2.05, 4.69) is 36.9 Å². The van der Waals surface area contributed by atoms with E-state index in [0.717, 1.165) is 17.0 Å². The second-order valence-corrected chi connectivity index (χ2v) is 7.35. The standard InChI is InChI=1S/C16H21NSi/c1-2-11-18-16-9-7-15(8-10-16)14-5-3-13(12-17)4-6-14/h2-6,11,15-16H,7-10,18H2,1H3. The Morgan fingerprint density at radius 1 is 1.17 bits per heavy atom. The molecule has 0 amide bonds. The summed E-state index contributed by atoms with van der Waals surface area (Å²) in [7, 11) is 0.0292. The summed E-state index contributed by atoms with van der Waals surface area (Å²) in [4.78, 5) is 0. The van der Waals surface area contributed by atoms with E-state index in [9.17, 15) is 0 Å². The highest BCUT2D eigenvalue weighted by atomic mass is 28.2. The smallest absolute Gasteiger partial charge is 0.0991 e. The van der Waals surface area contributed by atoms with Gasteiger partial charge in [0, 0.05) is 9.52 Å². The van der Waals surface area contributed by atoms with E-state index in [4.69, 9.17) is 5.26 Å². The minimum atomic E-state index is 0.0292.